The molecular formula is C16H20N2O5S2. The van der Waals surface area contributed by atoms with Crippen LogP contribution in [-0.2, 0) is 24.5 Å². The molecule has 2 atom stereocenters. The van der Waals surface area contributed by atoms with Gasteiger partial charge in [-0.3, -0.25) is 4.79 Å². The second-order valence-corrected chi connectivity index (χ2v) is 11.5. The van der Waals surface area contributed by atoms with Gasteiger partial charge in [-0.15, -0.1) is 0 Å². The van der Waals surface area contributed by atoms with Crippen LogP contribution < -0.4 is 9.80 Å². The molecule has 7 nitrogen and oxygen atoms in total. The molecule has 4 rings (SSSR count). The van der Waals surface area contributed by atoms with Crippen molar-refractivity contribution in [3.63, 3.8) is 0 Å². The maximum Gasteiger partial charge on any atom is 0.246 e. The lowest BCUT2D eigenvalue weighted by Crippen LogP contribution is -2.53. The number of benzene rings is 1. The number of sulfone groups is 2. The Bertz CT molecular complexity index is 926. The smallest absolute Gasteiger partial charge is 0.246 e. The molecule has 1 aromatic rings. The molecule has 9 heteroatoms. The Hall–Kier alpha value is -1.61. The summed E-state index contributed by atoms with van der Waals surface area (Å²) in [6, 6.07) is 6.82. The van der Waals surface area contributed by atoms with Crippen molar-refractivity contribution in [3.05, 3.63) is 24.3 Å². The van der Waals surface area contributed by atoms with Gasteiger partial charge in [-0.05, 0) is 25.0 Å². The molecule has 25 heavy (non-hydrogen) atoms. The van der Waals surface area contributed by atoms with Gasteiger partial charge in [0.25, 0.3) is 0 Å². The maximum atomic E-state index is 12.8. The summed E-state index contributed by atoms with van der Waals surface area (Å²) in [6.45, 7) is 0.0910. The number of carbonyl (C=O) groups is 1. The topological polar surface area (TPSA) is 91.8 Å². The Morgan fingerprint density at radius 3 is 1.96 bits per heavy atom. The van der Waals surface area contributed by atoms with Crippen LogP contribution >= 0.6 is 0 Å². The van der Waals surface area contributed by atoms with E-state index in [0.717, 1.165) is 5.69 Å². The van der Waals surface area contributed by atoms with Gasteiger partial charge in [0, 0.05) is 6.04 Å². The number of para-hydroxylation sites is 2. The molecule has 0 unspecified atom stereocenters. The molecule has 2 saturated heterocycles. The first-order valence-electron chi connectivity index (χ1n) is 8.34. The standard InChI is InChI=1S/C16H20N2O5S2/c19-16-9-17(12-5-7-24(20,21)10-12)14-3-1-2-4-15(14)18(16)13-6-8-25(22,23)11-13/h1-4,12-13H,5-11H2/t12-,13+/m1/s1. The number of rotatable bonds is 2. The number of carbonyl (C=O) groups excluding carboxylic acids is 1. The molecule has 3 aliphatic heterocycles. The minimum atomic E-state index is -3.10. The highest BCUT2D eigenvalue weighted by atomic mass is 32.2. The fourth-order valence-corrected chi connectivity index (χ4v) is 7.51. The van der Waals surface area contributed by atoms with Gasteiger partial charge in [0.05, 0.1) is 47.0 Å². The monoisotopic (exact) mass is 384 g/mol. The van der Waals surface area contributed by atoms with Gasteiger partial charge in [0.1, 0.15) is 0 Å². The zero-order valence-corrected chi connectivity index (χ0v) is 15.3. The molecule has 0 radical (unpaired) electrons. The van der Waals surface area contributed by atoms with Crippen LogP contribution in [0.5, 0.6) is 0 Å². The molecule has 0 aliphatic carbocycles. The van der Waals surface area contributed by atoms with Gasteiger partial charge in [0.2, 0.25) is 5.91 Å². The molecule has 2 fully saturated rings. The van der Waals surface area contributed by atoms with Gasteiger partial charge >= 0.3 is 0 Å². The second kappa shape index (κ2) is 5.70. The third kappa shape index (κ3) is 3.03. The van der Waals surface area contributed by atoms with E-state index in [2.05, 4.69) is 0 Å². The highest BCUT2D eigenvalue weighted by molar-refractivity contribution is 7.92. The Balaban J connectivity index is 1.70. The first-order chi connectivity index (χ1) is 11.8. The van der Waals surface area contributed by atoms with E-state index < -0.39 is 19.7 Å². The summed E-state index contributed by atoms with van der Waals surface area (Å²) in [4.78, 5) is 16.3. The van der Waals surface area contributed by atoms with E-state index in [-0.39, 0.29) is 47.5 Å². The minimum absolute atomic E-state index is 0.00905. The summed E-state index contributed by atoms with van der Waals surface area (Å²) in [5, 5.41) is 0. The molecular weight excluding hydrogens is 364 g/mol. The van der Waals surface area contributed by atoms with E-state index in [0.29, 0.717) is 18.5 Å². The van der Waals surface area contributed by atoms with Crippen LogP contribution in [0, 0.1) is 0 Å². The molecule has 0 bridgehead atoms. The van der Waals surface area contributed by atoms with Gasteiger partial charge in [-0.25, -0.2) is 16.8 Å². The molecule has 0 N–H and O–H groups in total. The van der Waals surface area contributed by atoms with Crippen molar-refractivity contribution >= 4 is 37.0 Å². The minimum Gasteiger partial charge on any atom is -0.356 e. The quantitative estimate of drug-likeness (QED) is 0.724. The highest BCUT2D eigenvalue weighted by Crippen LogP contribution is 2.39. The Morgan fingerprint density at radius 2 is 1.40 bits per heavy atom. The molecule has 3 aliphatic rings. The second-order valence-electron chi connectivity index (χ2n) is 6.99. The maximum absolute atomic E-state index is 12.8. The SMILES string of the molecule is O=C1CN([C@@H]2CCS(=O)(=O)C2)c2ccccc2N1[C@H]1CCS(=O)(=O)C1. The number of amides is 1. The van der Waals surface area contributed by atoms with Gasteiger partial charge in [0.15, 0.2) is 19.7 Å². The number of hydrogen-bond acceptors (Lipinski definition) is 6. The number of fused-ring (bicyclic) bond motifs is 1. The summed E-state index contributed by atoms with van der Waals surface area (Å²) >= 11 is 0. The average molecular weight is 384 g/mol. The van der Waals surface area contributed by atoms with Gasteiger partial charge < -0.3 is 9.80 Å². The predicted molar refractivity (Wildman–Crippen MR) is 95.4 cm³/mol. The normalized spacial score (nSPS) is 30.5. The van der Waals surface area contributed by atoms with E-state index in [1.54, 1.807) is 4.90 Å². The highest BCUT2D eigenvalue weighted by Gasteiger charge is 2.42. The number of anilines is 2. The van der Waals surface area contributed by atoms with E-state index >= 15 is 0 Å². The van der Waals surface area contributed by atoms with E-state index in [9.17, 15) is 21.6 Å². The zero-order valence-electron chi connectivity index (χ0n) is 13.7. The van der Waals surface area contributed by atoms with Crippen LogP contribution in [0.4, 0.5) is 11.4 Å². The molecule has 1 aromatic carbocycles. The third-order valence-corrected chi connectivity index (χ3v) is 8.75. The fraction of sp³-hybridized carbons (Fsp3) is 0.562. The Morgan fingerprint density at radius 1 is 0.840 bits per heavy atom. The largest absolute Gasteiger partial charge is 0.356 e. The van der Waals surface area contributed by atoms with E-state index in [1.165, 1.54) is 0 Å². The van der Waals surface area contributed by atoms with Crippen LogP contribution in [0.2, 0.25) is 0 Å². The Kier molecular flexibility index (Phi) is 3.84. The van der Waals surface area contributed by atoms with Crippen molar-refractivity contribution in [1.29, 1.82) is 0 Å². The van der Waals surface area contributed by atoms with Gasteiger partial charge in [-0.2, -0.15) is 0 Å². The van der Waals surface area contributed by atoms with Crippen LogP contribution in [0.15, 0.2) is 24.3 Å². The van der Waals surface area contributed by atoms with Crippen molar-refractivity contribution in [1.82, 2.24) is 0 Å². The molecule has 0 saturated carbocycles. The lowest BCUT2D eigenvalue weighted by Gasteiger charge is -2.42. The molecule has 0 aromatic heterocycles. The third-order valence-electron chi connectivity index (χ3n) is 5.25. The molecule has 0 spiro atoms. The fourth-order valence-electron chi connectivity index (χ4n) is 4.08. The lowest BCUT2D eigenvalue weighted by atomic mass is 10.1. The van der Waals surface area contributed by atoms with Crippen LogP contribution in [0.25, 0.3) is 0 Å². The van der Waals surface area contributed by atoms with Crippen molar-refractivity contribution in [2.75, 3.05) is 39.4 Å². The molecule has 3 heterocycles. The van der Waals surface area contributed by atoms with Crippen LogP contribution in [-0.4, -0.2) is 64.4 Å². The summed E-state index contributed by atoms with van der Waals surface area (Å²) in [5.74, 6) is 0.144. The van der Waals surface area contributed by atoms with Crippen molar-refractivity contribution < 1.29 is 21.6 Å². The average Bonchev–Trinajstić information content (AvgIpc) is 3.08. The summed E-state index contributed by atoms with van der Waals surface area (Å²) < 4.78 is 47.3. The zero-order chi connectivity index (χ0) is 17.8. The number of nitrogens with zero attached hydrogens (tertiary/aromatic N) is 2. The summed E-state index contributed by atoms with van der Waals surface area (Å²) in [7, 11) is -6.16. The molecule has 136 valence electrons. The molecule has 1 amide bonds. The van der Waals surface area contributed by atoms with E-state index in [4.69, 9.17) is 0 Å². The van der Waals surface area contributed by atoms with Crippen molar-refractivity contribution in [2.24, 2.45) is 0 Å². The first-order valence-corrected chi connectivity index (χ1v) is 12.0. The van der Waals surface area contributed by atoms with Crippen LogP contribution in [0.3, 0.4) is 0 Å². The summed E-state index contributed by atoms with van der Waals surface area (Å²) in [5.41, 5.74) is 1.50. The van der Waals surface area contributed by atoms with E-state index in [1.807, 2.05) is 29.2 Å². The van der Waals surface area contributed by atoms with Crippen molar-refractivity contribution in [2.45, 2.75) is 24.9 Å². The van der Waals surface area contributed by atoms with Crippen molar-refractivity contribution in [3.8, 4) is 0 Å². The first kappa shape index (κ1) is 16.8. The number of hydrogen-bond donors (Lipinski definition) is 0. The summed E-state index contributed by atoms with van der Waals surface area (Å²) in [6.07, 6.45) is 0.960. The Labute approximate surface area is 147 Å². The lowest BCUT2D eigenvalue weighted by molar-refractivity contribution is -0.118. The van der Waals surface area contributed by atoms with Gasteiger partial charge in [-0.1, -0.05) is 12.1 Å². The van der Waals surface area contributed by atoms with Crippen LogP contribution in [0.1, 0.15) is 12.8 Å². The predicted octanol–water partition coefficient (Wildman–Crippen LogP) is 0.214.